The van der Waals surface area contributed by atoms with E-state index in [2.05, 4.69) is 4.72 Å². The van der Waals surface area contributed by atoms with Gasteiger partial charge in [0.05, 0.1) is 19.1 Å². The molecule has 6 nitrogen and oxygen atoms in total. The molecule has 0 amide bonds. The van der Waals surface area contributed by atoms with Crippen LogP contribution in [-0.2, 0) is 16.4 Å². The van der Waals surface area contributed by atoms with Gasteiger partial charge in [-0.3, -0.25) is 4.79 Å². The van der Waals surface area contributed by atoms with Gasteiger partial charge in [0.25, 0.3) is 0 Å². The van der Waals surface area contributed by atoms with E-state index in [0.29, 0.717) is 17.1 Å². The number of carbonyl (C=O) groups excluding carboxylic acids is 1. The highest BCUT2D eigenvalue weighted by Gasteiger charge is 2.27. The van der Waals surface area contributed by atoms with E-state index in [0.717, 1.165) is 24.0 Å². The maximum Gasteiger partial charge on any atom is 0.240 e. The quantitative estimate of drug-likeness (QED) is 0.737. The van der Waals surface area contributed by atoms with Gasteiger partial charge in [0.1, 0.15) is 0 Å². The Balaban J connectivity index is 1.79. The molecule has 1 atom stereocenters. The number of fused-ring (bicyclic) bond motifs is 1. The fourth-order valence-corrected chi connectivity index (χ4v) is 4.53. The van der Waals surface area contributed by atoms with Crippen LogP contribution in [0.3, 0.4) is 0 Å². The van der Waals surface area contributed by atoms with E-state index in [4.69, 9.17) is 9.47 Å². The zero-order valence-electron chi connectivity index (χ0n) is 15.6. The van der Waals surface area contributed by atoms with Crippen LogP contribution in [0.25, 0.3) is 0 Å². The Morgan fingerprint density at radius 1 is 1.15 bits per heavy atom. The first-order chi connectivity index (χ1) is 12.9. The van der Waals surface area contributed by atoms with Crippen LogP contribution in [0.1, 0.15) is 40.7 Å². The summed E-state index contributed by atoms with van der Waals surface area (Å²) < 4.78 is 38.6. The van der Waals surface area contributed by atoms with Crippen molar-refractivity contribution in [3.05, 3.63) is 53.1 Å². The predicted octanol–water partition coefficient (Wildman–Crippen LogP) is 2.91. The fourth-order valence-electron chi connectivity index (χ4n) is 3.41. The SMILES string of the molecule is COc1cc2c(cc1OC)C(CNS(=O)(=O)c1cccc(C(C)=O)c1)CC2. The Bertz CT molecular complexity index is 968. The van der Waals surface area contributed by atoms with Crippen molar-refractivity contribution in [2.75, 3.05) is 20.8 Å². The van der Waals surface area contributed by atoms with Gasteiger partial charge >= 0.3 is 0 Å². The lowest BCUT2D eigenvalue weighted by Gasteiger charge is -2.16. The van der Waals surface area contributed by atoms with Crippen LogP contribution >= 0.6 is 0 Å². The molecule has 0 saturated carbocycles. The molecule has 1 aliphatic rings. The van der Waals surface area contributed by atoms with Crippen molar-refractivity contribution in [3.63, 3.8) is 0 Å². The molecular formula is C20H23NO5S. The number of methoxy groups -OCH3 is 2. The number of benzene rings is 2. The van der Waals surface area contributed by atoms with Crippen molar-refractivity contribution < 1.29 is 22.7 Å². The van der Waals surface area contributed by atoms with Gasteiger partial charge in [0, 0.05) is 12.1 Å². The molecule has 0 aromatic heterocycles. The number of nitrogens with one attached hydrogen (secondary N) is 1. The molecule has 0 bridgehead atoms. The van der Waals surface area contributed by atoms with Gasteiger partial charge in [-0.05, 0) is 61.1 Å². The molecule has 2 aromatic carbocycles. The number of rotatable bonds is 7. The summed E-state index contributed by atoms with van der Waals surface area (Å²) in [7, 11) is -0.514. The Morgan fingerprint density at radius 2 is 1.85 bits per heavy atom. The van der Waals surface area contributed by atoms with E-state index in [9.17, 15) is 13.2 Å². The average molecular weight is 389 g/mol. The zero-order chi connectivity index (χ0) is 19.6. The second-order valence-corrected chi connectivity index (χ2v) is 8.34. The number of hydrogen-bond donors (Lipinski definition) is 1. The summed E-state index contributed by atoms with van der Waals surface area (Å²) in [5.41, 5.74) is 2.60. The second-order valence-electron chi connectivity index (χ2n) is 6.58. The van der Waals surface area contributed by atoms with Crippen LogP contribution in [0.15, 0.2) is 41.3 Å². The lowest BCUT2D eigenvalue weighted by molar-refractivity contribution is 0.101. The highest BCUT2D eigenvalue weighted by Crippen LogP contribution is 2.40. The number of sulfonamides is 1. The van der Waals surface area contributed by atoms with Crippen molar-refractivity contribution in [2.24, 2.45) is 0 Å². The third-order valence-corrected chi connectivity index (χ3v) is 6.34. The number of hydrogen-bond acceptors (Lipinski definition) is 5. The fraction of sp³-hybridized carbons (Fsp3) is 0.350. The summed E-state index contributed by atoms with van der Waals surface area (Å²) in [5.74, 6) is 1.21. The molecule has 0 aliphatic heterocycles. The summed E-state index contributed by atoms with van der Waals surface area (Å²) in [5, 5.41) is 0. The molecule has 0 heterocycles. The molecule has 7 heteroatoms. The molecule has 1 aliphatic carbocycles. The van der Waals surface area contributed by atoms with E-state index in [1.165, 1.54) is 19.1 Å². The standard InChI is InChI=1S/C20H23NO5S/c1-13(22)14-5-4-6-17(9-14)27(23,24)21-12-16-8-7-15-10-19(25-2)20(26-3)11-18(15)16/h4-6,9-11,16,21H,7-8,12H2,1-3H3. The molecule has 144 valence electrons. The molecule has 27 heavy (non-hydrogen) atoms. The van der Waals surface area contributed by atoms with Crippen LogP contribution in [0.4, 0.5) is 0 Å². The Morgan fingerprint density at radius 3 is 2.52 bits per heavy atom. The third kappa shape index (κ3) is 3.99. The van der Waals surface area contributed by atoms with Crippen molar-refractivity contribution in [1.29, 1.82) is 0 Å². The monoisotopic (exact) mass is 389 g/mol. The Kier molecular flexibility index (Phi) is 5.53. The van der Waals surface area contributed by atoms with Crippen LogP contribution in [0.5, 0.6) is 11.5 Å². The maximum atomic E-state index is 12.6. The van der Waals surface area contributed by atoms with Gasteiger partial charge in [0.15, 0.2) is 17.3 Å². The van der Waals surface area contributed by atoms with Gasteiger partial charge in [-0.25, -0.2) is 13.1 Å². The summed E-state index contributed by atoms with van der Waals surface area (Å²) in [6, 6.07) is 9.96. The molecule has 0 spiro atoms. The second kappa shape index (κ2) is 7.70. The molecule has 1 N–H and O–H groups in total. The average Bonchev–Trinajstić information content (AvgIpc) is 3.07. The predicted molar refractivity (Wildman–Crippen MR) is 102 cm³/mol. The lowest BCUT2D eigenvalue weighted by Crippen LogP contribution is -2.28. The molecular weight excluding hydrogens is 366 g/mol. The minimum atomic E-state index is -3.69. The van der Waals surface area contributed by atoms with Gasteiger partial charge in [-0.1, -0.05) is 12.1 Å². The number of aryl methyl sites for hydroxylation is 1. The lowest BCUT2D eigenvalue weighted by atomic mass is 10.0. The first kappa shape index (κ1) is 19.4. The molecule has 2 aromatic rings. The van der Waals surface area contributed by atoms with Gasteiger partial charge in [-0.2, -0.15) is 0 Å². The molecule has 3 rings (SSSR count). The normalized spacial score (nSPS) is 16.0. The van der Waals surface area contributed by atoms with Gasteiger partial charge in [0.2, 0.25) is 10.0 Å². The number of ether oxygens (including phenoxy) is 2. The smallest absolute Gasteiger partial charge is 0.240 e. The molecule has 0 radical (unpaired) electrons. The van der Waals surface area contributed by atoms with E-state index in [-0.39, 0.29) is 23.1 Å². The topological polar surface area (TPSA) is 81.7 Å². The van der Waals surface area contributed by atoms with E-state index in [1.54, 1.807) is 26.4 Å². The Labute approximate surface area is 159 Å². The van der Waals surface area contributed by atoms with Crippen LogP contribution in [0.2, 0.25) is 0 Å². The first-order valence-electron chi connectivity index (χ1n) is 8.71. The largest absolute Gasteiger partial charge is 0.493 e. The minimum Gasteiger partial charge on any atom is -0.493 e. The summed E-state index contributed by atoms with van der Waals surface area (Å²) in [6.45, 7) is 1.70. The highest BCUT2D eigenvalue weighted by molar-refractivity contribution is 7.89. The van der Waals surface area contributed by atoms with E-state index < -0.39 is 10.0 Å². The first-order valence-corrected chi connectivity index (χ1v) is 10.2. The third-order valence-electron chi connectivity index (χ3n) is 4.92. The number of carbonyl (C=O) groups is 1. The van der Waals surface area contributed by atoms with Crippen molar-refractivity contribution >= 4 is 15.8 Å². The number of ketones is 1. The highest BCUT2D eigenvalue weighted by atomic mass is 32.2. The van der Waals surface area contributed by atoms with Gasteiger partial charge < -0.3 is 9.47 Å². The summed E-state index contributed by atoms with van der Waals surface area (Å²) in [4.78, 5) is 11.6. The van der Waals surface area contributed by atoms with E-state index >= 15 is 0 Å². The van der Waals surface area contributed by atoms with Crippen LogP contribution in [-0.4, -0.2) is 35.0 Å². The Hall–Kier alpha value is -2.38. The van der Waals surface area contributed by atoms with E-state index in [1.807, 2.05) is 12.1 Å². The molecule has 0 saturated heterocycles. The van der Waals surface area contributed by atoms with Crippen LogP contribution in [0, 0.1) is 0 Å². The summed E-state index contributed by atoms with van der Waals surface area (Å²) in [6.07, 6.45) is 1.71. The van der Waals surface area contributed by atoms with Crippen LogP contribution < -0.4 is 14.2 Å². The summed E-state index contributed by atoms with van der Waals surface area (Å²) >= 11 is 0. The van der Waals surface area contributed by atoms with Crippen molar-refractivity contribution in [2.45, 2.75) is 30.6 Å². The maximum absolute atomic E-state index is 12.6. The zero-order valence-corrected chi connectivity index (χ0v) is 16.4. The van der Waals surface area contributed by atoms with Crippen molar-refractivity contribution in [3.8, 4) is 11.5 Å². The molecule has 0 fully saturated rings. The molecule has 1 unspecified atom stereocenters. The van der Waals surface area contributed by atoms with Gasteiger partial charge in [-0.15, -0.1) is 0 Å². The van der Waals surface area contributed by atoms with Crippen molar-refractivity contribution in [1.82, 2.24) is 4.72 Å². The number of Topliss-reactive ketones (excluding diaryl/α,β-unsaturated/α-hetero) is 1. The minimum absolute atomic E-state index is 0.0607.